The topological polar surface area (TPSA) is 53.6 Å². The Bertz CT molecular complexity index is 882. The number of anilines is 1. The van der Waals surface area contributed by atoms with Crippen LogP contribution in [0.25, 0.3) is 0 Å². The third-order valence-corrected chi connectivity index (χ3v) is 7.21. The molecule has 3 aliphatic heterocycles. The van der Waals surface area contributed by atoms with E-state index in [0.717, 1.165) is 55.2 Å². The van der Waals surface area contributed by atoms with Gasteiger partial charge in [-0.3, -0.25) is 0 Å². The first-order valence-electron chi connectivity index (χ1n) is 11.5. The van der Waals surface area contributed by atoms with Crippen molar-refractivity contribution < 1.29 is 9.53 Å². The molecule has 0 aromatic heterocycles. The largest absolute Gasteiger partial charge is 0.490 e. The molecule has 6 heteroatoms. The lowest BCUT2D eigenvalue weighted by molar-refractivity contribution is 0.137. The zero-order chi connectivity index (χ0) is 21.2. The van der Waals surface area contributed by atoms with Crippen molar-refractivity contribution in [3.63, 3.8) is 0 Å². The van der Waals surface area contributed by atoms with Crippen LogP contribution >= 0.6 is 11.6 Å². The number of nitrogens with zero attached hydrogens (tertiary/aromatic N) is 1. The molecule has 3 fully saturated rings. The number of fused-ring (bicyclic) bond motifs is 2. The van der Waals surface area contributed by atoms with E-state index in [-0.39, 0.29) is 6.03 Å². The number of benzene rings is 2. The maximum absolute atomic E-state index is 12.7. The molecule has 3 saturated heterocycles. The molecule has 3 aliphatic rings. The van der Waals surface area contributed by atoms with E-state index in [0.29, 0.717) is 24.1 Å². The van der Waals surface area contributed by atoms with Gasteiger partial charge in [-0.15, -0.1) is 0 Å². The summed E-state index contributed by atoms with van der Waals surface area (Å²) in [4.78, 5) is 14.6. The molecule has 0 spiro atoms. The van der Waals surface area contributed by atoms with Gasteiger partial charge in [0.15, 0.2) is 0 Å². The summed E-state index contributed by atoms with van der Waals surface area (Å²) in [5, 5.41) is 7.44. The van der Waals surface area contributed by atoms with Crippen molar-refractivity contribution in [3.8, 4) is 5.75 Å². The molecule has 2 aromatic carbocycles. The number of rotatable bonds is 4. The number of halogens is 1. The van der Waals surface area contributed by atoms with Crippen LogP contribution in [0, 0.1) is 0 Å². The SMILES string of the molecule is O=C(Nc1ccc(OC2CC3CCC(C2)N3)cc1)N1CCC(c2ccc(Cl)cc2)CC1. The fourth-order valence-corrected chi connectivity index (χ4v) is 5.39. The van der Waals surface area contributed by atoms with Crippen molar-refractivity contribution in [1.29, 1.82) is 0 Å². The van der Waals surface area contributed by atoms with Crippen LogP contribution in [0.4, 0.5) is 10.5 Å². The van der Waals surface area contributed by atoms with Crippen LogP contribution in [0.5, 0.6) is 5.75 Å². The fraction of sp³-hybridized carbons (Fsp3) is 0.480. The fourth-order valence-electron chi connectivity index (χ4n) is 5.26. The summed E-state index contributed by atoms with van der Waals surface area (Å²) >= 11 is 5.99. The van der Waals surface area contributed by atoms with Gasteiger partial charge in [-0.25, -0.2) is 4.79 Å². The highest BCUT2D eigenvalue weighted by Crippen LogP contribution is 2.31. The Morgan fingerprint density at radius 1 is 0.935 bits per heavy atom. The van der Waals surface area contributed by atoms with Crippen molar-refractivity contribution in [2.24, 2.45) is 0 Å². The second-order valence-electron chi connectivity index (χ2n) is 9.12. The second kappa shape index (κ2) is 9.09. The molecule has 2 amide bonds. The smallest absolute Gasteiger partial charge is 0.321 e. The van der Waals surface area contributed by atoms with E-state index < -0.39 is 0 Å². The molecule has 0 radical (unpaired) electrons. The molecule has 164 valence electrons. The van der Waals surface area contributed by atoms with E-state index in [9.17, 15) is 4.79 Å². The minimum Gasteiger partial charge on any atom is -0.490 e. The molecule has 5 rings (SSSR count). The van der Waals surface area contributed by atoms with Gasteiger partial charge in [-0.2, -0.15) is 0 Å². The average molecular weight is 440 g/mol. The van der Waals surface area contributed by atoms with E-state index in [1.807, 2.05) is 41.3 Å². The van der Waals surface area contributed by atoms with Crippen LogP contribution in [0.1, 0.15) is 50.0 Å². The maximum Gasteiger partial charge on any atom is 0.321 e. The first-order valence-corrected chi connectivity index (χ1v) is 11.8. The van der Waals surface area contributed by atoms with Crippen LogP contribution in [-0.2, 0) is 0 Å². The van der Waals surface area contributed by atoms with Crippen molar-refractivity contribution >= 4 is 23.3 Å². The van der Waals surface area contributed by atoms with Crippen molar-refractivity contribution in [2.75, 3.05) is 18.4 Å². The number of hydrogen-bond acceptors (Lipinski definition) is 3. The summed E-state index contributed by atoms with van der Waals surface area (Å²) in [5.41, 5.74) is 2.12. The first-order chi connectivity index (χ1) is 15.1. The number of hydrogen-bond donors (Lipinski definition) is 2. The number of ether oxygens (including phenoxy) is 1. The molecule has 2 unspecified atom stereocenters. The van der Waals surface area contributed by atoms with Gasteiger partial charge in [-0.1, -0.05) is 23.7 Å². The van der Waals surface area contributed by atoms with Crippen LogP contribution in [0.15, 0.2) is 48.5 Å². The Hall–Kier alpha value is -2.24. The molecule has 2 N–H and O–H groups in total. The highest BCUT2D eigenvalue weighted by Gasteiger charge is 2.34. The average Bonchev–Trinajstić information content (AvgIpc) is 3.13. The monoisotopic (exact) mass is 439 g/mol. The van der Waals surface area contributed by atoms with Crippen LogP contribution < -0.4 is 15.4 Å². The third kappa shape index (κ3) is 4.99. The highest BCUT2D eigenvalue weighted by molar-refractivity contribution is 6.30. The van der Waals surface area contributed by atoms with Gasteiger partial charge in [0.2, 0.25) is 0 Å². The normalized spacial score (nSPS) is 26.0. The summed E-state index contributed by atoms with van der Waals surface area (Å²) in [5.74, 6) is 1.37. The van der Waals surface area contributed by atoms with Crippen molar-refractivity contribution in [3.05, 3.63) is 59.1 Å². The molecule has 5 nitrogen and oxygen atoms in total. The van der Waals surface area contributed by atoms with E-state index in [2.05, 4.69) is 22.8 Å². The predicted molar refractivity (Wildman–Crippen MR) is 124 cm³/mol. The lowest BCUT2D eigenvalue weighted by Crippen LogP contribution is -2.42. The summed E-state index contributed by atoms with van der Waals surface area (Å²) in [6.07, 6.45) is 6.95. The summed E-state index contributed by atoms with van der Waals surface area (Å²) < 4.78 is 6.20. The standard InChI is InChI=1S/C25H30ClN3O2/c26-19-3-1-17(2-4-19)18-11-13-29(14-12-18)25(30)28-20-7-9-23(10-8-20)31-24-15-21-5-6-22(16-24)27-21/h1-4,7-10,18,21-22,24,27H,5-6,11-16H2,(H,28,30). The molecule has 2 bridgehead atoms. The van der Waals surface area contributed by atoms with Gasteiger partial charge in [0.25, 0.3) is 0 Å². The van der Waals surface area contributed by atoms with Crippen molar-refractivity contribution in [1.82, 2.24) is 10.2 Å². The molecule has 2 atom stereocenters. The summed E-state index contributed by atoms with van der Waals surface area (Å²) in [6.45, 7) is 1.52. The van der Waals surface area contributed by atoms with Crippen LogP contribution in [-0.4, -0.2) is 42.2 Å². The maximum atomic E-state index is 12.7. The van der Waals surface area contributed by atoms with E-state index >= 15 is 0 Å². The Balaban J connectivity index is 1.10. The Morgan fingerprint density at radius 3 is 2.23 bits per heavy atom. The lowest BCUT2D eigenvalue weighted by atomic mass is 9.89. The van der Waals surface area contributed by atoms with Gasteiger partial charge in [0, 0.05) is 35.9 Å². The van der Waals surface area contributed by atoms with Gasteiger partial charge < -0.3 is 20.3 Å². The highest BCUT2D eigenvalue weighted by atomic mass is 35.5. The summed E-state index contributed by atoms with van der Waals surface area (Å²) in [6, 6.07) is 17.1. The molecule has 0 saturated carbocycles. The minimum absolute atomic E-state index is 0.0295. The van der Waals surface area contributed by atoms with Gasteiger partial charge >= 0.3 is 6.03 Å². The third-order valence-electron chi connectivity index (χ3n) is 6.96. The minimum atomic E-state index is -0.0295. The van der Waals surface area contributed by atoms with Gasteiger partial charge in [-0.05, 0) is 86.4 Å². The van der Waals surface area contributed by atoms with E-state index in [1.165, 1.54) is 18.4 Å². The number of urea groups is 1. The predicted octanol–water partition coefficient (Wildman–Crippen LogP) is 5.41. The molecule has 2 aromatic rings. The number of amides is 2. The molecular formula is C25H30ClN3O2. The quantitative estimate of drug-likeness (QED) is 0.669. The Morgan fingerprint density at radius 2 is 1.58 bits per heavy atom. The lowest BCUT2D eigenvalue weighted by Gasteiger charge is -2.32. The second-order valence-corrected chi connectivity index (χ2v) is 9.55. The first kappa shape index (κ1) is 20.7. The number of nitrogens with one attached hydrogen (secondary N) is 2. The molecular weight excluding hydrogens is 410 g/mol. The Kier molecular flexibility index (Phi) is 6.06. The summed E-state index contributed by atoms with van der Waals surface area (Å²) in [7, 11) is 0. The van der Waals surface area contributed by atoms with Crippen LogP contribution in [0.2, 0.25) is 5.02 Å². The molecule has 0 aliphatic carbocycles. The van der Waals surface area contributed by atoms with Crippen LogP contribution in [0.3, 0.4) is 0 Å². The zero-order valence-electron chi connectivity index (χ0n) is 17.7. The number of carbonyl (C=O) groups excluding carboxylic acids is 1. The van der Waals surface area contributed by atoms with Crippen molar-refractivity contribution in [2.45, 2.75) is 62.6 Å². The van der Waals surface area contributed by atoms with Gasteiger partial charge in [0.05, 0.1) is 0 Å². The number of carbonyl (C=O) groups is 1. The molecule has 31 heavy (non-hydrogen) atoms. The molecule has 3 heterocycles. The van der Waals surface area contributed by atoms with Gasteiger partial charge in [0.1, 0.15) is 11.9 Å². The zero-order valence-corrected chi connectivity index (χ0v) is 18.5. The van der Waals surface area contributed by atoms with E-state index in [4.69, 9.17) is 16.3 Å². The van der Waals surface area contributed by atoms with E-state index in [1.54, 1.807) is 0 Å². The Labute approximate surface area is 189 Å². The number of likely N-dealkylation sites (tertiary alicyclic amines) is 1. The number of piperidine rings is 2.